The zero-order valence-electron chi connectivity index (χ0n) is 14.9. The van der Waals surface area contributed by atoms with Crippen molar-refractivity contribution in [2.75, 3.05) is 19.0 Å². The van der Waals surface area contributed by atoms with Gasteiger partial charge in [-0.05, 0) is 49.1 Å². The summed E-state index contributed by atoms with van der Waals surface area (Å²) in [6.07, 6.45) is 1.41. The SMILES string of the molecule is COc1ccc(CCNC(=O)C2(C(=O)Nc3ccc(F)cc3F)CC2)cc1. The number of halogens is 2. The standard InChI is InChI=1S/C20H20F2N2O3/c1-27-15-5-2-13(3-6-15)8-11-23-18(25)20(9-10-20)19(26)24-17-7-4-14(21)12-16(17)22/h2-7,12H,8-11H2,1H3,(H,23,25)(H,24,26). The minimum Gasteiger partial charge on any atom is -0.497 e. The smallest absolute Gasteiger partial charge is 0.240 e. The van der Waals surface area contributed by atoms with Crippen molar-refractivity contribution in [3.63, 3.8) is 0 Å². The number of ether oxygens (including phenoxy) is 1. The van der Waals surface area contributed by atoms with Crippen LogP contribution in [0.3, 0.4) is 0 Å². The number of nitrogens with one attached hydrogen (secondary N) is 2. The second kappa shape index (κ2) is 7.73. The average molecular weight is 374 g/mol. The Bertz CT molecular complexity index is 849. The molecule has 5 nitrogen and oxygen atoms in total. The first-order valence-corrected chi connectivity index (χ1v) is 8.62. The highest BCUT2D eigenvalue weighted by Crippen LogP contribution is 2.47. The highest BCUT2D eigenvalue weighted by Gasteiger charge is 2.56. The quantitative estimate of drug-likeness (QED) is 0.732. The molecule has 1 aliphatic rings. The van der Waals surface area contributed by atoms with Crippen LogP contribution in [0.4, 0.5) is 14.5 Å². The molecule has 0 heterocycles. The molecule has 2 aromatic rings. The van der Waals surface area contributed by atoms with Crippen molar-refractivity contribution in [3.8, 4) is 5.75 Å². The van der Waals surface area contributed by atoms with Gasteiger partial charge in [0, 0.05) is 12.6 Å². The van der Waals surface area contributed by atoms with Gasteiger partial charge in [0.2, 0.25) is 11.8 Å². The van der Waals surface area contributed by atoms with Gasteiger partial charge in [0.05, 0.1) is 12.8 Å². The second-order valence-corrected chi connectivity index (χ2v) is 6.51. The topological polar surface area (TPSA) is 67.4 Å². The van der Waals surface area contributed by atoms with Gasteiger partial charge in [-0.15, -0.1) is 0 Å². The molecule has 1 aliphatic carbocycles. The Morgan fingerprint density at radius 1 is 1.07 bits per heavy atom. The first kappa shape index (κ1) is 18.8. The summed E-state index contributed by atoms with van der Waals surface area (Å²) in [5, 5.41) is 5.15. The van der Waals surface area contributed by atoms with Crippen molar-refractivity contribution in [1.82, 2.24) is 5.32 Å². The zero-order valence-corrected chi connectivity index (χ0v) is 14.9. The first-order chi connectivity index (χ1) is 12.9. The molecule has 3 rings (SSSR count). The third kappa shape index (κ3) is 4.24. The van der Waals surface area contributed by atoms with Crippen molar-refractivity contribution in [2.24, 2.45) is 5.41 Å². The molecule has 0 atom stereocenters. The fraction of sp³-hybridized carbons (Fsp3) is 0.300. The van der Waals surface area contributed by atoms with Crippen LogP contribution >= 0.6 is 0 Å². The lowest BCUT2D eigenvalue weighted by atomic mass is 10.0. The lowest BCUT2D eigenvalue weighted by Crippen LogP contribution is -2.40. The summed E-state index contributed by atoms with van der Waals surface area (Å²) in [7, 11) is 1.59. The van der Waals surface area contributed by atoms with E-state index in [1.807, 2.05) is 24.3 Å². The van der Waals surface area contributed by atoms with Gasteiger partial charge in [-0.1, -0.05) is 12.1 Å². The van der Waals surface area contributed by atoms with Gasteiger partial charge in [-0.2, -0.15) is 0 Å². The fourth-order valence-corrected chi connectivity index (χ4v) is 2.80. The van der Waals surface area contributed by atoms with E-state index in [0.29, 0.717) is 31.9 Å². The molecule has 2 aromatic carbocycles. The summed E-state index contributed by atoms with van der Waals surface area (Å²) >= 11 is 0. The van der Waals surface area contributed by atoms with E-state index in [1.54, 1.807) is 7.11 Å². The van der Waals surface area contributed by atoms with Crippen LogP contribution in [0, 0.1) is 17.0 Å². The van der Waals surface area contributed by atoms with Crippen LogP contribution in [0.2, 0.25) is 0 Å². The van der Waals surface area contributed by atoms with Crippen LogP contribution in [0.5, 0.6) is 5.75 Å². The Morgan fingerprint density at radius 2 is 1.78 bits per heavy atom. The predicted octanol–water partition coefficient (Wildman–Crippen LogP) is 3.05. The molecule has 0 saturated heterocycles. The Balaban J connectivity index is 1.54. The molecule has 0 radical (unpaired) electrons. The van der Waals surface area contributed by atoms with Gasteiger partial charge >= 0.3 is 0 Å². The number of methoxy groups -OCH3 is 1. The van der Waals surface area contributed by atoms with E-state index < -0.39 is 23.0 Å². The normalized spacial score (nSPS) is 14.3. The van der Waals surface area contributed by atoms with Crippen molar-refractivity contribution in [3.05, 3.63) is 59.7 Å². The zero-order chi connectivity index (χ0) is 19.4. The van der Waals surface area contributed by atoms with Gasteiger partial charge in [0.1, 0.15) is 22.8 Å². The number of hydrogen-bond donors (Lipinski definition) is 2. The maximum atomic E-state index is 13.7. The van der Waals surface area contributed by atoms with Gasteiger partial charge < -0.3 is 15.4 Å². The molecule has 0 bridgehead atoms. The molecule has 1 fully saturated rings. The number of amides is 2. The minimum absolute atomic E-state index is 0.140. The first-order valence-electron chi connectivity index (χ1n) is 8.62. The van der Waals surface area contributed by atoms with Crippen LogP contribution in [0.1, 0.15) is 18.4 Å². The molecule has 0 spiro atoms. The largest absolute Gasteiger partial charge is 0.497 e. The molecule has 1 saturated carbocycles. The Kier molecular flexibility index (Phi) is 5.39. The fourth-order valence-electron chi connectivity index (χ4n) is 2.80. The number of benzene rings is 2. The van der Waals surface area contributed by atoms with E-state index in [0.717, 1.165) is 23.4 Å². The van der Waals surface area contributed by atoms with Gasteiger partial charge in [0.25, 0.3) is 0 Å². The van der Waals surface area contributed by atoms with E-state index in [2.05, 4.69) is 10.6 Å². The van der Waals surface area contributed by atoms with Crippen LogP contribution < -0.4 is 15.4 Å². The van der Waals surface area contributed by atoms with E-state index in [1.165, 1.54) is 0 Å². The third-order valence-electron chi connectivity index (χ3n) is 4.66. The molecular formula is C20H20F2N2O3. The number of carbonyl (C=O) groups is 2. The van der Waals surface area contributed by atoms with Crippen molar-refractivity contribution in [2.45, 2.75) is 19.3 Å². The molecule has 7 heteroatoms. The summed E-state index contributed by atoms with van der Waals surface area (Å²) in [5.41, 5.74) is -0.293. The van der Waals surface area contributed by atoms with E-state index in [4.69, 9.17) is 4.74 Å². The summed E-state index contributed by atoms with van der Waals surface area (Å²) in [4.78, 5) is 24.9. The highest BCUT2D eigenvalue weighted by molar-refractivity contribution is 6.13. The maximum Gasteiger partial charge on any atom is 0.240 e. The summed E-state index contributed by atoms with van der Waals surface area (Å²) in [5.74, 6) is -1.81. The second-order valence-electron chi connectivity index (χ2n) is 6.51. The minimum atomic E-state index is -1.18. The number of hydrogen-bond acceptors (Lipinski definition) is 3. The monoisotopic (exact) mass is 374 g/mol. The lowest BCUT2D eigenvalue weighted by Gasteiger charge is -2.16. The van der Waals surface area contributed by atoms with Gasteiger partial charge in [-0.3, -0.25) is 9.59 Å². The van der Waals surface area contributed by atoms with E-state index in [9.17, 15) is 18.4 Å². The summed E-state index contributed by atoms with van der Waals surface area (Å²) < 4.78 is 31.8. The van der Waals surface area contributed by atoms with Crippen LogP contribution in [-0.4, -0.2) is 25.5 Å². The molecular weight excluding hydrogens is 354 g/mol. The molecule has 0 aromatic heterocycles. The van der Waals surface area contributed by atoms with Crippen LogP contribution in [-0.2, 0) is 16.0 Å². The molecule has 142 valence electrons. The lowest BCUT2D eigenvalue weighted by molar-refractivity contribution is -0.134. The Morgan fingerprint density at radius 3 is 2.37 bits per heavy atom. The predicted molar refractivity (Wildman–Crippen MR) is 96.4 cm³/mol. The number of rotatable bonds is 7. The molecule has 0 aliphatic heterocycles. The van der Waals surface area contributed by atoms with Crippen LogP contribution in [0.15, 0.2) is 42.5 Å². The van der Waals surface area contributed by atoms with E-state index >= 15 is 0 Å². The Labute approximate surface area is 155 Å². The average Bonchev–Trinajstić information content (AvgIpc) is 3.46. The molecule has 0 unspecified atom stereocenters. The Hall–Kier alpha value is -2.96. The summed E-state index contributed by atoms with van der Waals surface area (Å²) in [6.45, 7) is 0.380. The van der Waals surface area contributed by atoms with Crippen molar-refractivity contribution < 1.29 is 23.1 Å². The van der Waals surface area contributed by atoms with Gasteiger partial charge in [0.15, 0.2) is 0 Å². The maximum absolute atomic E-state index is 13.7. The number of anilines is 1. The highest BCUT2D eigenvalue weighted by atomic mass is 19.1. The molecule has 2 N–H and O–H groups in total. The number of carbonyl (C=O) groups excluding carboxylic acids is 2. The molecule has 27 heavy (non-hydrogen) atoms. The van der Waals surface area contributed by atoms with Crippen molar-refractivity contribution in [1.29, 1.82) is 0 Å². The van der Waals surface area contributed by atoms with Gasteiger partial charge in [-0.25, -0.2) is 8.78 Å². The summed E-state index contributed by atoms with van der Waals surface area (Å²) in [6, 6.07) is 10.4. The van der Waals surface area contributed by atoms with E-state index in [-0.39, 0.29) is 11.6 Å². The third-order valence-corrected chi connectivity index (χ3v) is 4.66. The molecule has 2 amide bonds. The van der Waals surface area contributed by atoms with Crippen molar-refractivity contribution >= 4 is 17.5 Å². The van der Waals surface area contributed by atoms with Crippen LogP contribution in [0.25, 0.3) is 0 Å².